The summed E-state index contributed by atoms with van der Waals surface area (Å²) in [6.45, 7) is 3.68. The monoisotopic (exact) mass is 353 g/mol. The fourth-order valence-corrected chi connectivity index (χ4v) is 3.51. The zero-order valence-corrected chi connectivity index (χ0v) is 14.4. The maximum Gasteiger partial charge on any atom is 0.293 e. The van der Waals surface area contributed by atoms with Gasteiger partial charge in [0.1, 0.15) is 11.4 Å². The maximum absolute atomic E-state index is 12.2. The Bertz CT molecular complexity index is 816. The molecule has 0 amide bonds. The molecule has 0 aliphatic rings. The van der Waals surface area contributed by atoms with Crippen molar-refractivity contribution < 1.29 is 17.8 Å². The van der Waals surface area contributed by atoms with Crippen molar-refractivity contribution >= 4 is 21.4 Å². The zero-order valence-electron chi connectivity index (χ0n) is 13.6. The summed E-state index contributed by atoms with van der Waals surface area (Å²) in [5, 5.41) is 11.4. The van der Waals surface area contributed by atoms with Gasteiger partial charge in [-0.15, -0.1) is 0 Å². The number of nitro benzene ring substituents is 1. The summed E-state index contributed by atoms with van der Waals surface area (Å²) >= 11 is 0. The van der Waals surface area contributed by atoms with E-state index in [-0.39, 0.29) is 16.6 Å². The lowest BCUT2D eigenvalue weighted by Gasteiger charge is -2.18. The highest BCUT2D eigenvalue weighted by atomic mass is 32.2. The van der Waals surface area contributed by atoms with Gasteiger partial charge in [-0.3, -0.25) is 10.1 Å². The van der Waals surface area contributed by atoms with Crippen LogP contribution in [-0.4, -0.2) is 26.4 Å². The second-order valence-corrected chi connectivity index (χ2v) is 7.33. The van der Waals surface area contributed by atoms with E-state index >= 15 is 0 Å². The third kappa shape index (κ3) is 4.12. The number of nitrogens with one attached hydrogen (secondary N) is 1. The minimum absolute atomic E-state index is 0.141. The minimum atomic E-state index is -3.80. The highest BCUT2D eigenvalue weighted by Gasteiger charge is 2.24. The van der Waals surface area contributed by atoms with E-state index < -0.39 is 14.9 Å². The van der Waals surface area contributed by atoms with Gasteiger partial charge < -0.3 is 9.32 Å². The van der Waals surface area contributed by atoms with Crippen molar-refractivity contribution in [3.8, 4) is 0 Å². The van der Waals surface area contributed by atoms with Crippen molar-refractivity contribution in [3.05, 3.63) is 52.5 Å². The molecule has 0 atom stereocenters. The highest BCUT2D eigenvalue weighted by Crippen LogP contribution is 2.31. The lowest BCUT2D eigenvalue weighted by Crippen LogP contribution is -2.30. The number of nitrogens with zero attached hydrogens (tertiary/aromatic N) is 2. The Morgan fingerprint density at radius 1 is 1.33 bits per heavy atom. The topological polar surface area (TPSA) is 106 Å². The molecular formula is C15H19N3O5S. The van der Waals surface area contributed by atoms with Gasteiger partial charge in [-0.25, -0.2) is 13.1 Å². The van der Waals surface area contributed by atoms with Crippen molar-refractivity contribution in [1.29, 1.82) is 0 Å². The summed E-state index contributed by atoms with van der Waals surface area (Å²) in [5.74, 6) is 0.643. The molecule has 1 aromatic carbocycles. The molecule has 0 aliphatic heterocycles. The van der Waals surface area contributed by atoms with E-state index in [0.717, 1.165) is 6.07 Å². The number of furan rings is 1. The molecule has 0 radical (unpaired) electrons. The standard InChI is InChI=1S/C15H19N3O5S/c1-11(2)16-24(21,22)13-6-7-14(15(9-13)18(19)20)17(3)10-12-5-4-8-23-12/h4-9,11,16H,10H2,1-3H3. The Kier molecular flexibility index (Phi) is 5.25. The summed E-state index contributed by atoms with van der Waals surface area (Å²) < 4.78 is 32.0. The van der Waals surface area contributed by atoms with Crippen LogP contribution in [0.25, 0.3) is 0 Å². The maximum atomic E-state index is 12.2. The third-order valence-corrected chi connectivity index (χ3v) is 4.89. The Morgan fingerprint density at radius 3 is 2.58 bits per heavy atom. The van der Waals surface area contributed by atoms with E-state index in [1.807, 2.05) is 0 Å². The molecule has 0 aliphatic carbocycles. The molecule has 0 unspecified atom stereocenters. The molecule has 24 heavy (non-hydrogen) atoms. The number of anilines is 1. The van der Waals surface area contributed by atoms with E-state index in [1.165, 1.54) is 18.4 Å². The molecular weight excluding hydrogens is 334 g/mol. The van der Waals surface area contributed by atoms with Gasteiger partial charge in [0, 0.05) is 19.2 Å². The van der Waals surface area contributed by atoms with Crippen molar-refractivity contribution in [3.63, 3.8) is 0 Å². The number of nitro groups is 1. The number of hydrogen-bond acceptors (Lipinski definition) is 6. The first-order chi connectivity index (χ1) is 11.2. The van der Waals surface area contributed by atoms with Crippen LogP contribution in [0.1, 0.15) is 19.6 Å². The molecule has 0 saturated carbocycles. The Morgan fingerprint density at radius 2 is 2.04 bits per heavy atom. The van der Waals surface area contributed by atoms with E-state index in [1.54, 1.807) is 37.9 Å². The Hall–Kier alpha value is -2.39. The average Bonchev–Trinajstić information content (AvgIpc) is 2.98. The molecule has 1 aromatic heterocycles. The van der Waals surface area contributed by atoms with Crippen molar-refractivity contribution in [2.75, 3.05) is 11.9 Å². The van der Waals surface area contributed by atoms with E-state index in [2.05, 4.69) is 4.72 Å². The van der Waals surface area contributed by atoms with Gasteiger partial charge in [-0.1, -0.05) is 0 Å². The molecule has 2 rings (SSSR count). The Labute approximate surface area is 140 Å². The van der Waals surface area contributed by atoms with Crippen LogP contribution in [-0.2, 0) is 16.6 Å². The van der Waals surface area contributed by atoms with Crippen LogP contribution in [0.15, 0.2) is 45.9 Å². The normalized spacial score (nSPS) is 11.7. The van der Waals surface area contributed by atoms with Crippen LogP contribution in [0, 0.1) is 10.1 Å². The molecule has 2 aromatic rings. The summed E-state index contributed by atoms with van der Waals surface area (Å²) in [6.07, 6.45) is 1.52. The average molecular weight is 353 g/mol. The van der Waals surface area contributed by atoms with Crippen LogP contribution in [0.2, 0.25) is 0 Å². The number of hydrogen-bond donors (Lipinski definition) is 1. The molecule has 8 nitrogen and oxygen atoms in total. The quantitative estimate of drug-likeness (QED) is 0.605. The zero-order chi connectivity index (χ0) is 17.9. The van der Waals surface area contributed by atoms with Gasteiger partial charge in [-0.2, -0.15) is 0 Å². The predicted molar refractivity (Wildman–Crippen MR) is 89.4 cm³/mol. The lowest BCUT2D eigenvalue weighted by molar-refractivity contribution is -0.384. The first-order valence-corrected chi connectivity index (χ1v) is 8.73. The molecule has 0 saturated heterocycles. The summed E-state index contributed by atoms with van der Waals surface area (Å²) in [7, 11) is -2.13. The van der Waals surface area contributed by atoms with Crippen LogP contribution >= 0.6 is 0 Å². The van der Waals surface area contributed by atoms with Gasteiger partial charge >= 0.3 is 0 Å². The molecule has 0 spiro atoms. The fourth-order valence-electron chi connectivity index (χ4n) is 2.24. The van der Waals surface area contributed by atoms with Gasteiger partial charge in [-0.05, 0) is 38.1 Å². The predicted octanol–water partition coefficient (Wildman–Crippen LogP) is 2.51. The van der Waals surface area contributed by atoms with Crippen molar-refractivity contribution in [2.45, 2.75) is 31.3 Å². The summed E-state index contributed by atoms with van der Waals surface area (Å²) in [4.78, 5) is 12.3. The van der Waals surface area contributed by atoms with Gasteiger partial charge in [0.25, 0.3) is 5.69 Å². The molecule has 1 N–H and O–H groups in total. The summed E-state index contributed by atoms with van der Waals surface area (Å²) in [5.41, 5.74) is 0.0237. The summed E-state index contributed by atoms with van der Waals surface area (Å²) in [6, 6.07) is 7.02. The van der Waals surface area contributed by atoms with Gasteiger partial charge in [0.2, 0.25) is 10.0 Å². The van der Waals surface area contributed by atoms with Gasteiger partial charge in [0.05, 0.1) is 22.6 Å². The fraction of sp³-hybridized carbons (Fsp3) is 0.333. The SMILES string of the molecule is CC(C)NS(=O)(=O)c1ccc(N(C)Cc2ccco2)c([N+](=O)[O-])c1. The second-order valence-electron chi connectivity index (χ2n) is 5.62. The van der Waals surface area contributed by atoms with E-state index in [4.69, 9.17) is 4.42 Å². The lowest BCUT2D eigenvalue weighted by atomic mass is 10.2. The van der Waals surface area contributed by atoms with Gasteiger partial charge in [0.15, 0.2) is 0 Å². The molecule has 1 heterocycles. The molecule has 9 heteroatoms. The van der Waals surface area contributed by atoms with Crippen LogP contribution in [0.3, 0.4) is 0 Å². The van der Waals surface area contributed by atoms with Crippen molar-refractivity contribution in [2.24, 2.45) is 0 Å². The van der Waals surface area contributed by atoms with E-state index in [0.29, 0.717) is 18.0 Å². The molecule has 130 valence electrons. The largest absolute Gasteiger partial charge is 0.467 e. The van der Waals surface area contributed by atoms with Crippen LogP contribution in [0.4, 0.5) is 11.4 Å². The van der Waals surface area contributed by atoms with Crippen LogP contribution in [0.5, 0.6) is 0 Å². The Balaban J connectivity index is 2.38. The second kappa shape index (κ2) is 7.02. The third-order valence-electron chi connectivity index (χ3n) is 3.23. The smallest absolute Gasteiger partial charge is 0.293 e. The molecule has 0 fully saturated rings. The highest BCUT2D eigenvalue weighted by molar-refractivity contribution is 7.89. The first kappa shape index (κ1) is 18.0. The number of benzene rings is 1. The van der Waals surface area contributed by atoms with Crippen LogP contribution < -0.4 is 9.62 Å². The number of rotatable bonds is 7. The molecule has 0 bridgehead atoms. The number of sulfonamides is 1. The minimum Gasteiger partial charge on any atom is -0.467 e. The van der Waals surface area contributed by atoms with Crippen molar-refractivity contribution in [1.82, 2.24) is 4.72 Å². The van der Waals surface area contributed by atoms with E-state index in [9.17, 15) is 18.5 Å². The first-order valence-electron chi connectivity index (χ1n) is 7.25.